The van der Waals surface area contributed by atoms with Gasteiger partial charge in [-0.2, -0.15) is 0 Å². The molecule has 0 radical (unpaired) electrons. The van der Waals surface area contributed by atoms with E-state index in [-0.39, 0.29) is 0 Å². The van der Waals surface area contributed by atoms with E-state index in [1.165, 1.54) is 43.4 Å². The van der Waals surface area contributed by atoms with Crippen molar-refractivity contribution in [2.75, 3.05) is 4.90 Å². The van der Waals surface area contributed by atoms with Crippen molar-refractivity contribution in [1.29, 1.82) is 0 Å². The Balaban J connectivity index is 1.08. The van der Waals surface area contributed by atoms with Gasteiger partial charge in [-0.15, -0.1) is 0 Å². The zero-order valence-corrected chi connectivity index (χ0v) is 32.1. The number of anilines is 3. The fourth-order valence-electron chi connectivity index (χ4n) is 9.28. The summed E-state index contributed by atoms with van der Waals surface area (Å²) in [5.41, 5.74) is 12.8. The highest BCUT2D eigenvalue weighted by molar-refractivity contribution is 6.19. The number of rotatable bonds is 6. The van der Waals surface area contributed by atoms with Gasteiger partial charge in [-0.1, -0.05) is 158 Å². The standard InChI is InChI=1S/C56H36N2O/c1-2-17-41(18-3-1)58-53-27-11-9-22-50(53)56-54(58)51-25-13-24-49(55(51)59-56)48-21-8-10-26-52(48)57(43-34-35-47-40(36-43)29-28-38-15-5-7-20-45(38)47)42-32-30-39(31-33-42)46-23-12-16-37-14-4-6-19-44(37)46/h1-36H. The van der Waals surface area contributed by atoms with Crippen LogP contribution >= 0.6 is 0 Å². The highest BCUT2D eigenvalue weighted by atomic mass is 16.3. The van der Waals surface area contributed by atoms with Crippen molar-refractivity contribution in [3.63, 3.8) is 0 Å². The van der Waals surface area contributed by atoms with Crippen LogP contribution in [0.25, 0.3) is 93.2 Å². The first-order valence-electron chi connectivity index (χ1n) is 20.2. The van der Waals surface area contributed by atoms with Crippen LogP contribution in [-0.2, 0) is 0 Å². The molecule has 59 heavy (non-hydrogen) atoms. The monoisotopic (exact) mass is 752 g/mol. The molecule has 3 nitrogen and oxygen atoms in total. The van der Waals surface area contributed by atoms with Gasteiger partial charge in [-0.3, -0.25) is 0 Å². The van der Waals surface area contributed by atoms with E-state index >= 15 is 0 Å². The summed E-state index contributed by atoms with van der Waals surface area (Å²) in [6.07, 6.45) is 0. The van der Waals surface area contributed by atoms with Crippen molar-refractivity contribution in [3.8, 4) is 27.9 Å². The number of furan rings is 1. The molecule has 12 aromatic rings. The summed E-state index contributed by atoms with van der Waals surface area (Å²) in [7, 11) is 0. The SMILES string of the molecule is c1ccc(-n2c3ccccc3c3oc4c(-c5ccccc5N(c5ccc(-c6cccc7ccccc67)cc5)c5ccc6c(ccc7ccccc76)c5)cccc4c32)cc1. The van der Waals surface area contributed by atoms with Crippen LogP contribution in [0.2, 0.25) is 0 Å². The summed E-state index contributed by atoms with van der Waals surface area (Å²) in [5, 5.41) is 9.59. The lowest BCUT2D eigenvalue weighted by Crippen LogP contribution is -2.11. The van der Waals surface area contributed by atoms with E-state index in [2.05, 4.69) is 228 Å². The number of hydrogen-bond donors (Lipinski definition) is 0. The van der Waals surface area contributed by atoms with E-state index in [0.29, 0.717) is 0 Å². The van der Waals surface area contributed by atoms with Crippen LogP contribution in [-0.4, -0.2) is 4.57 Å². The first-order valence-corrected chi connectivity index (χ1v) is 20.2. The van der Waals surface area contributed by atoms with Crippen LogP contribution in [0.3, 0.4) is 0 Å². The zero-order chi connectivity index (χ0) is 38.9. The molecule has 3 heteroatoms. The third-order valence-corrected chi connectivity index (χ3v) is 12.0. The normalized spacial score (nSPS) is 11.7. The predicted molar refractivity (Wildman–Crippen MR) is 249 cm³/mol. The second-order valence-corrected chi connectivity index (χ2v) is 15.3. The van der Waals surface area contributed by atoms with Crippen LogP contribution in [0.4, 0.5) is 17.1 Å². The predicted octanol–water partition coefficient (Wildman–Crippen LogP) is 15.8. The Bertz CT molecular complexity index is 3550. The fraction of sp³-hybridized carbons (Fsp3) is 0. The molecule has 276 valence electrons. The van der Waals surface area contributed by atoms with Gasteiger partial charge in [0.15, 0.2) is 5.58 Å². The van der Waals surface area contributed by atoms with Gasteiger partial charge in [-0.25, -0.2) is 0 Å². The third kappa shape index (κ3) is 5.29. The minimum absolute atomic E-state index is 0.872. The maximum absolute atomic E-state index is 7.06. The van der Waals surface area contributed by atoms with Gasteiger partial charge >= 0.3 is 0 Å². The third-order valence-electron chi connectivity index (χ3n) is 12.0. The fourth-order valence-corrected chi connectivity index (χ4v) is 9.28. The molecular weight excluding hydrogens is 717 g/mol. The van der Waals surface area contributed by atoms with Gasteiger partial charge in [0.2, 0.25) is 0 Å². The molecule has 0 spiro atoms. The highest BCUT2D eigenvalue weighted by Crippen LogP contribution is 2.47. The Labute approximate surface area is 341 Å². The highest BCUT2D eigenvalue weighted by Gasteiger charge is 2.24. The maximum atomic E-state index is 7.06. The smallest absolute Gasteiger partial charge is 0.161 e. The van der Waals surface area contributed by atoms with Gasteiger partial charge in [0.1, 0.15) is 11.1 Å². The summed E-state index contributed by atoms with van der Waals surface area (Å²) in [4.78, 5) is 2.40. The quantitative estimate of drug-likeness (QED) is 0.158. The molecule has 0 aliphatic rings. The Hall–Kier alpha value is -7.88. The van der Waals surface area contributed by atoms with Crippen LogP contribution in [0.5, 0.6) is 0 Å². The Morgan fingerprint density at radius 3 is 1.81 bits per heavy atom. The second kappa shape index (κ2) is 13.4. The number of fused-ring (bicyclic) bond motifs is 9. The number of para-hydroxylation sites is 4. The molecule has 0 atom stereocenters. The lowest BCUT2D eigenvalue weighted by Gasteiger charge is -2.28. The largest absolute Gasteiger partial charge is 0.453 e. The first-order chi connectivity index (χ1) is 29.3. The summed E-state index contributed by atoms with van der Waals surface area (Å²) in [5.74, 6) is 0. The van der Waals surface area contributed by atoms with E-state index in [4.69, 9.17) is 4.42 Å². The molecule has 0 unspecified atom stereocenters. The lowest BCUT2D eigenvalue weighted by atomic mass is 9.97. The lowest BCUT2D eigenvalue weighted by molar-refractivity contribution is 0.674. The van der Waals surface area contributed by atoms with Crippen molar-refractivity contribution in [3.05, 3.63) is 218 Å². The van der Waals surface area contributed by atoms with E-state index in [9.17, 15) is 0 Å². The molecule has 2 aromatic heterocycles. The maximum Gasteiger partial charge on any atom is 0.161 e. The van der Waals surface area contributed by atoms with E-state index in [1.54, 1.807) is 0 Å². The van der Waals surface area contributed by atoms with Crippen molar-refractivity contribution < 1.29 is 4.42 Å². The second-order valence-electron chi connectivity index (χ2n) is 15.3. The number of nitrogens with zero attached hydrogens (tertiary/aromatic N) is 2. The number of hydrogen-bond acceptors (Lipinski definition) is 2. The van der Waals surface area contributed by atoms with Gasteiger partial charge in [-0.05, 0) is 104 Å². The first kappa shape index (κ1) is 33.3. The summed E-state index contributed by atoms with van der Waals surface area (Å²) in [6.45, 7) is 0. The Morgan fingerprint density at radius 2 is 0.949 bits per heavy atom. The Morgan fingerprint density at radius 1 is 0.356 bits per heavy atom. The molecule has 0 aliphatic carbocycles. The number of aromatic nitrogens is 1. The van der Waals surface area contributed by atoms with Crippen molar-refractivity contribution in [2.24, 2.45) is 0 Å². The molecule has 0 saturated heterocycles. The molecule has 0 aliphatic heterocycles. The average molecular weight is 753 g/mol. The minimum atomic E-state index is 0.872. The van der Waals surface area contributed by atoms with E-state index in [0.717, 1.165) is 66.8 Å². The topological polar surface area (TPSA) is 21.3 Å². The molecule has 0 amide bonds. The van der Waals surface area contributed by atoms with Gasteiger partial charge in [0.25, 0.3) is 0 Å². The number of benzene rings is 10. The Kier molecular flexibility index (Phi) is 7.54. The summed E-state index contributed by atoms with van der Waals surface area (Å²) in [6, 6.07) is 78.6. The van der Waals surface area contributed by atoms with E-state index < -0.39 is 0 Å². The molecular formula is C56H36N2O. The summed E-state index contributed by atoms with van der Waals surface area (Å²) >= 11 is 0. The zero-order valence-electron chi connectivity index (χ0n) is 32.1. The van der Waals surface area contributed by atoms with Crippen LogP contribution in [0.1, 0.15) is 0 Å². The minimum Gasteiger partial charge on any atom is -0.453 e. The molecule has 0 bridgehead atoms. The molecule has 10 aromatic carbocycles. The molecule has 0 N–H and O–H groups in total. The van der Waals surface area contributed by atoms with Crippen LogP contribution in [0.15, 0.2) is 223 Å². The van der Waals surface area contributed by atoms with Crippen LogP contribution in [0, 0.1) is 0 Å². The molecule has 0 saturated carbocycles. The van der Waals surface area contributed by atoms with Gasteiger partial charge < -0.3 is 13.9 Å². The molecule has 12 rings (SSSR count). The van der Waals surface area contributed by atoms with Crippen molar-refractivity contribution in [2.45, 2.75) is 0 Å². The molecule has 0 fully saturated rings. The average Bonchev–Trinajstić information content (AvgIpc) is 3.85. The van der Waals surface area contributed by atoms with Crippen molar-refractivity contribution in [1.82, 2.24) is 4.57 Å². The molecule has 2 heterocycles. The van der Waals surface area contributed by atoms with Gasteiger partial charge in [0, 0.05) is 39.0 Å². The van der Waals surface area contributed by atoms with Gasteiger partial charge in [0.05, 0.1) is 11.2 Å². The van der Waals surface area contributed by atoms with E-state index in [1.807, 2.05) is 0 Å². The summed E-state index contributed by atoms with van der Waals surface area (Å²) < 4.78 is 9.40. The van der Waals surface area contributed by atoms with Crippen LogP contribution < -0.4 is 4.90 Å². The van der Waals surface area contributed by atoms with Crippen molar-refractivity contribution >= 4 is 82.4 Å².